The Bertz CT molecular complexity index is 4080. The first-order chi connectivity index (χ1) is 50.4. The van der Waals surface area contributed by atoms with Crippen LogP contribution in [-0.2, 0) is 19.2 Å². The predicted octanol–water partition coefficient (Wildman–Crippen LogP) is 21.2. The Balaban J connectivity index is 0.000000149. The molecule has 4 heterocycles. The average molecular weight is 1420 g/mol. The summed E-state index contributed by atoms with van der Waals surface area (Å²) in [6.45, 7) is 9.42. The molecule has 1 unspecified atom stereocenters. The highest BCUT2D eigenvalue weighted by atomic mass is 19.1. The van der Waals surface area contributed by atoms with Crippen molar-refractivity contribution >= 4 is 46.9 Å². The van der Waals surface area contributed by atoms with Gasteiger partial charge in [-0.3, -0.25) is 19.2 Å². The van der Waals surface area contributed by atoms with Gasteiger partial charge in [-0.15, -0.1) is 0 Å². The minimum absolute atomic E-state index is 0.0200. The molecule has 0 bridgehead atoms. The van der Waals surface area contributed by atoms with Gasteiger partial charge < -0.3 is 21.3 Å². The number of aromatic nitrogens is 8. The van der Waals surface area contributed by atoms with E-state index in [9.17, 15) is 36.7 Å². The van der Waals surface area contributed by atoms with Crippen LogP contribution in [0.4, 0.5) is 40.8 Å². The SMILES string of the molecule is CC(=O)Nc1ncc(-c2ccc(F)cc2)nc1C1CCCCC1.CC(C)CC(=O)Nc1ncc(-c2ccc(F)cc2)nc1C1CCCCC1.CCC(C)C(=O)Nc1ncc(-c2ccc(F)cc2)nc1C1CCCCC1.O=C(CC1CCCCC1)Nc1ncc(-c2ccc(F)cc2)nc1C1CCCCC1. The molecule has 0 aliphatic heterocycles. The number of hydrogen-bond donors (Lipinski definition) is 4. The van der Waals surface area contributed by atoms with Gasteiger partial charge >= 0.3 is 0 Å². The number of halogens is 4. The Hall–Kier alpha value is -9.20. The second-order valence-electron chi connectivity index (χ2n) is 29.2. The van der Waals surface area contributed by atoms with Gasteiger partial charge in [-0.05, 0) is 180 Å². The molecule has 4 amide bonds. The molecule has 104 heavy (non-hydrogen) atoms. The van der Waals surface area contributed by atoms with Crippen LogP contribution in [0, 0.1) is 41.0 Å². The highest BCUT2D eigenvalue weighted by Gasteiger charge is 2.29. The maximum Gasteiger partial charge on any atom is 0.228 e. The summed E-state index contributed by atoms with van der Waals surface area (Å²) in [6.07, 6.45) is 37.5. The van der Waals surface area contributed by atoms with Crippen LogP contribution in [0.15, 0.2) is 122 Å². The third kappa shape index (κ3) is 22.9. The standard InChI is InChI=1S/C24H30FN3O.2C21H26FN3O.C18H20FN3O/c25-20-13-11-18(12-14-20)21-16-26-24(23(27-21)19-9-5-2-6-10-19)28-22(29)15-17-7-3-1-4-8-17;1-14(2)12-19(26)25-21-20(16-6-4-3-5-7-16)24-18(13-23-21)15-8-10-17(22)11-9-15;1-3-14(2)21(26)25-20-19(16-7-5-4-6-8-16)24-18(13-23-20)15-9-11-17(22)12-10-15;1-12(23)21-18-17(14-5-3-2-4-6-14)22-16(11-20-18)13-7-9-15(19)10-8-13/h11-14,16-17,19H,1-10,15H2,(H,26,28,29);8-11,13-14,16H,3-7,12H2,1-2H3,(H,23,25,26);9-14,16H,3-8H2,1-2H3,(H,23,25,26);7-11,14H,2-6H2,1H3,(H,20,21,23). The molecule has 0 spiro atoms. The molecular formula is C84H102F4N12O4. The van der Waals surface area contributed by atoms with E-state index in [1.165, 1.54) is 152 Å². The van der Waals surface area contributed by atoms with Crippen molar-refractivity contribution in [3.05, 3.63) is 168 Å². The predicted molar refractivity (Wildman–Crippen MR) is 403 cm³/mol. The van der Waals surface area contributed by atoms with E-state index in [0.29, 0.717) is 88.7 Å². The van der Waals surface area contributed by atoms with E-state index in [2.05, 4.69) is 41.2 Å². The number of nitrogens with zero attached hydrogens (tertiary/aromatic N) is 8. The molecule has 4 N–H and O–H groups in total. The van der Waals surface area contributed by atoms with Crippen LogP contribution < -0.4 is 21.3 Å². The fraction of sp³-hybridized carbons (Fsp3) is 0.476. The molecule has 5 aliphatic rings. The lowest BCUT2D eigenvalue weighted by Crippen LogP contribution is -2.22. The minimum atomic E-state index is -0.274. The zero-order valence-electron chi connectivity index (χ0n) is 61.1. The summed E-state index contributed by atoms with van der Waals surface area (Å²) in [7, 11) is 0. The van der Waals surface area contributed by atoms with E-state index in [0.717, 1.165) is 121 Å². The van der Waals surface area contributed by atoms with Crippen LogP contribution in [0.1, 0.15) is 261 Å². The number of benzene rings is 4. The fourth-order valence-electron chi connectivity index (χ4n) is 14.7. The molecule has 4 aromatic carbocycles. The molecule has 0 radical (unpaired) electrons. The zero-order chi connectivity index (χ0) is 73.3. The molecule has 4 aromatic heterocycles. The number of amides is 4. The van der Waals surface area contributed by atoms with Crippen LogP contribution in [-0.4, -0.2) is 63.5 Å². The smallest absolute Gasteiger partial charge is 0.228 e. The quantitative estimate of drug-likeness (QED) is 0.0590. The van der Waals surface area contributed by atoms with Crippen LogP contribution in [0.25, 0.3) is 45.0 Å². The number of carbonyl (C=O) groups excluding carboxylic acids is 4. The number of anilines is 4. The van der Waals surface area contributed by atoms with Crippen molar-refractivity contribution in [1.82, 2.24) is 39.9 Å². The van der Waals surface area contributed by atoms with Gasteiger partial charge in [0.25, 0.3) is 0 Å². The highest BCUT2D eigenvalue weighted by Crippen LogP contribution is 2.41. The first-order valence-electron chi connectivity index (χ1n) is 38.1. The third-order valence-corrected chi connectivity index (χ3v) is 20.6. The summed E-state index contributed by atoms with van der Waals surface area (Å²) in [5.41, 5.74) is 9.67. The van der Waals surface area contributed by atoms with Crippen LogP contribution >= 0.6 is 0 Å². The van der Waals surface area contributed by atoms with Crippen molar-refractivity contribution in [3.63, 3.8) is 0 Å². The minimum Gasteiger partial charge on any atom is -0.309 e. The topological polar surface area (TPSA) is 220 Å². The van der Waals surface area contributed by atoms with E-state index in [1.54, 1.807) is 73.3 Å². The normalized spacial score (nSPS) is 16.4. The molecule has 8 aromatic rings. The van der Waals surface area contributed by atoms with Crippen molar-refractivity contribution in [2.75, 3.05) is 21.3 Å². The van der Waals surface area contributed by atoms with Crippen molar-refractivity contribution < 1.29 is 36.7 Å². The van der Waals surface area contributed by atoms with E-state index >= 15 is 0 Å². The fourth-order valence-corrected chi connectivity index (χ4v) is 14.7. The molecule has 16 nitrogen and oxygen atoms in total. The van der Waals surface area contributed by atoms with E-state index in [-0.39, 0.29) is 52.8 Å². The Morgan fingerprint density at radius 2 is 0.644 bits per heavy atom. The van der Waals surface area contributed by atoms with Gasteiger partial charge in [0, 0.05) is 71.6 Å². The Kier molecular flexibility index (Phi) is 29.1. The molecule has 5 saturated carbocycles. The highest BCUT2D eigenvalue weighted by molar-refractivity contribution is 5.93. The molecule has 13 rings (SSSR count). The van der Waals surface area contributed by atoms with Gasteiger partial charge in [0.05, 0.1) is 70.3 Å². The molecule has 550 valence electrons. The van der Waals surface area contributed by atoms with Crippen LogP contribution in [0.5, 0.6) is 0 Å². The summed E-state index contributed by atoms with van der Waals surface area (Å²) in [4.78, 5) is 86.0. The Labute approximate surface area is 610 Å². The zero-order valence-corrected chi connectivity index (χ0v) is 61.1. The Morgan fingerprint density at radius 3 is 0.923 bits per heavy atom. The van der Waals surface area contributed by atoms with Crippen LogP contribution in [0.3, 0.4) is 0 Å². The molecule has 20 heteroatoms. The monoisotopic (exact) mass is 1420 g/mol. The number of rotatable bonds is 18. The van der Waals surface area contributed by atoms with Gasteiger partial charge in [-0.25, -0.2) is 57.4 Å². The van der Waals surface area contributed by atoms with E-state index in [4.69, 9.17) is 19.9 Å². The number of nitrogens with one attached hydrogen (secondary N) is 4. The molecular weight excluding hydrogens is 1320 g/mol. The van der Waals surface area contributed by atoms with Gasteiger partial charge in [-0.2, -0.15) is 0 Å². The average Bonchev–Trinajstić information content (AvgIpc) is 0.827. The molecule has 5 fully saturated rings. The van der Waals surface area contributed by atoms with Crippen LogP contribution in [0.2, 0.25) is 0 Å². The van der Waals surface area contributed by atoms with E-state index in [1.807, 2.05) is 27.7 Å². The second kappa shape index (κ2) is 39.1. The first kappa shape index (κ1) is 77.4. The lowest BCUT2D eigenvalue weighted by atomic mass is 9.86. The Morgan fingerprint density at radius 1 is 0.375 bits per heavy atom. The van der Waals surface area contributed by atoms with E-state index < -0.39 is 0 Å². The first-order valence-corrected chi connectivity index (χ1v) is 38.1. The summed E-state index contributed by atoms with van der Waals surface area (Å²) < 4.78 is 52.8. The van der Waals surface area contributed by atoms with Gasteiger partial charge in [0.15, 0.2) is 23.3 Å². The maximum atomic E-state index is 13.3. The van der Waals surface area contributed by atoms with Gasteiger partial charge in [0.1, 0.15) is 23.3 Å². The summed E-state index contributed by atoms with van der Waals surface area (Å²) in [5.74, 6) is 3.08. The number of hydrogen-bond acceptors (Lipinski definition) is 12. The van der Waals surface area contributed by atoms with Crippen molar-refractivity contribution in [1.29, 1.82) is 0 Å². The molecule has 0 saturated heterocycles. The lowest BCUT2D eigenvalue weighted by Gasteiger charge is -2.24. The van der Waals surface area contributed by atoms with Gasteiger partial charge in [-0.1, -0.05) is 124 Å². The summed E-state index contributed by atoms with van der Waals surface area (Å²) in [6, 6.07) is 25.1. The summed E-state index contributed by atoms with van der Waals surface area (Å²) in [5, 5.41) is 11.8. The van der Waals surface area contributed by atoms with Crippen molar-refractivity contribution in [2.45, 2.75) is 238 Å². The largest absolute Gasteiger partial charge is 0.309 e. The maximum absolute atomic E-state index is 13.3. The van der Waals surface area contributed by atoms with Crippen molar-refractivity contribution in [3.8, 4) is 45.0 Å². The second-order valence-corrected chi connectivity index (χ2v) is 29.2. The number of carbonyl (C=O) groups is 4. The third-order valence-electron chi connectivity index (χ3n) is 20.6. The van der Waals surface area contributed by atoms with Crippen molar-refractivity contribution in [2.24, 2.45) is 17.8 Å². The molecule has 5 aliphatic carbocycles. The lowest BCUT2D eigenvalue weighted by molar-refractivity contribution is -0.119. The van der Waals surface area contributed by atoms with Gasteiger partial charge in [0.2, 0.25) is 23.6 Å². The molecule has 1 atom stereocenters. The summed E-state index contributed by atoms with van der Waals surface area (Å²) >= 11 is 0.